The van der Waals surface area contributed by atoms with Gasteiger partial charge in [-0.15, -0.1) is 11.8 Å². The van der Waals surface area contributed by atoms with Crippen LogP contribution in [0.15, 0.2) is 42.0 Å². The Morgan fingerprint density at radius 1 is 1.52 bits per heavy atom. The number of carboxylic acid groups (broad SMARTS) is 1. The minimum Gasteiger partial charge on any atom is -0.543 e. The summed E-state index contributed by atoms with van der Waals surface area (Å²) in [6.45, 7) is 0.310. The molecule has 1 amide bonds. The number of carbonyl (C=O) groups is 2. The summed E-state index contributed by atoms with van der Waals surface area (Å²) >= 11 is 1.46. The van der Waals surface area contributed by atoms with Crippen molar-refractivity contribution >= 4 is 29.3 Å². The summed E-state index contributed by atoms with van der Waals surface area (Å²) in [6.07, 6.45) is 5.29. The minimum atomic E-state index is -1.36. The number of aliphatic carboxylic acids is 1. The number of pyridine rings is 1. The van der Waals surface area contributed by atoms with Gasteiger partial charge in [0, 0.05) is 17.4 Å². The van der Waals surface area contributed by atoms with Crippen LogP contribution in [0.1, 0.15) is 5.56 Å². The van der Waals surface area contributed by atoms with Gasteiger partial charge >= 0.3 is 0 Å². The van der Waals surface area contributed by atoms with Gasteiger partial charge in [0.25, 0.3) is 5.65 Å². The van der Waals surface area contributed by atoms with Crippen molar-refractivity contribution in [2.24, 2.45) is 5.73 Å². The first-order chi connectivity index (χ1) is 12.0. The van der Waals surface area contributed by atoms with Crippen LogP contribution < -0.4 is 15.4 Å². The van der Waals surface area contributed by atoms with Crippen molar-refractivity contribution in [1.29, 1.82) is 5.26 Å². The maximum atomic E-state index is 12.0. The van der Waals surface area contributed by atoms with Gasteiger partial charge in [-0.05, 0) is 6.07 Å². The number of imidazole rings is 1. The fraction of sp³-hybridized carbons (Fsp3) is 0.250. The average Bonchev–Trinajstić information content (AvgIpc) is 3.02. The van der Waals surface area contributed by atoms with Gasteiger partial charge in [-0.3, -0.25) is 9.69 Å². The van der Waals surface area contributed by atoms with Crippen LogP contribution in [0, 0.1) is 11.3 Å². The average molecular weight is 355 g/mol. The normalized spacial score (nSPS) is 22.6. The van der Waals surface area contributed by atoms with Crippen molar-refractivity contribution in [3.05, 3.63) is 47.6 Å². The van der Waals surface area contributed by atoms with Crippen molar-refractivity contribution in [2.75, 3.05) is 5.75 Å². The van der Waals surface area contributed by atoms with Gasteiger partial charge in [-0.25, -0.2) is 8.97 Å². The third-order valence-corrected chi connectivity index (χ3v) is 5.79. The Hall–Kier alpha value is -2.83. The zero-order valence-electron chi connectivity index (χ0n) is 13.0. The van der Waals surface area contributed by atoms with Crippen LogP contribution in [0.25, 0.3) is 5.65 Å². The zero-order chi connectivity index (χ0) is 17.7. The Bertz CT molecular complexity index is 989. The largest absolute Gasteiger partial charge is 0.543 e. The quantitative estimate of drug-likeness (QED) is 0.520. The highest BCUT2D eigenvalue weighted by Crippen LogP contribution is 2.39. The Labute approximate surface area is 146 Å². The van der Waals surface area contributed by atoms with Crippen molar-refractivity contribution < 1.29 is 19.3 Å². The molecule has 0 radical (unpaired) electrons. The lowest BCUT2D eigenvalue weighted by Gasteiger charge is -2.49. The van der Waals surface area contributed by atoms with Crippen LogP contribution in [0.4, 0.5) is 0 Å². The summed E-state index contributed by atoms with van der Waals surface area (Å²) in [5.41, 5.74) is 7.60. The summed E-state index contributed by atoms with van der Waals surface area (Å²) in [7, 11) is 0. The molecular formula is C16H13N5O3S. The number of fused-ring (bicyclic) bond motifs is 2. The molecule has 0 unspecified atom stereocenters. The van der Waals surface area contributed by atoms with E-state index in [4.69, 9.17) is 11.0 Å². The number of nitrogens with two attached hydrogens (primary N) is 1. The highest BCUT2D eigenvalue weighted by Gasteiger charge is 2.50. The Morgan fingerprint density at radius 2 is 2.32 bits per heavy atom. The van der Waals surface area contributed by atoms with Gasteiger partial charge in [-0.1, -0.05) is 0 Å². The van der Waals surface area contributed by atoms with E-state index in [9.17, 15) is 14.7 Å². The number of amides is 1. The molecule has 25 heavy (non-hydrogen) atoms. The van der Waals surface area contributed by atoms with Crippen molar-refractivity contribution in [2.45, 2.75) is 18.0 Å². The van der Waals surface area contributed by atoms with Gasteiger partial charge in [0.1, 0.15) is 42.6 Å². The van der Waals surface area contributed by atoms with Gasteiger partial charge < -0.3 is 15.6 Å². The molecule has 1 saturated heterocycles. The van der Waals surface area contributed by atoms with Gasteiger partial charge in [-0.2, -0.15) is 5.26 Å². The first-order valence-corrected chi connectivity index (χ1v) is 8.60. The molecule has 0 aliphatic carbocycles. The number of thioether (sulfide) groups is 1. The predicted octanol–water partition coefficient (Wildman–Crippen LogP) is -1.66. The third kappa shape index (κ3) is 2.30. The van der Waals surface area contributed by atoms with Gasteiger partial charge in [0.2, 0.25) is 5.91 Å². The van der Waals surface area contributed by atoms with Crippen LogP contribution in [0.2, 0.25) is 0 Å². The second kappa shape index (κ2) is 5.61. The van der Waals surface area contributed by atoms with Gasteiger partial charge in [0.15, 0.2) is 0 Å². The highest BCUT2D eigenvalue weighted by atomic mass is 32.2. The van der Waals surface area contributed by atoms with E-state index < -0.39 is 12.0 Å². The lowest BCUT2D eigenvalue weighted by Crippen LogP contribution is -2.69. The fourth-order valence-electron chi connectivity index (χ4n) is 3.20. The standard InChI is InChI=1S/C16H13N5O3S/c17-5-9-1-2-11-19(6-9)3-4-20(11)7-10-8-25-15-12(18)14(22)21(15)13(10)16(23)24/h1-4,6,12,15H,7-8,18H2/t12-,15-/m1/s1. The number of nitriles is 1. The summed E-state index contributed by atoms with van der Waals surface area (Å²) in [5, 5.41) is 20.3. The number of hydrogen-bond acceptors (Lipinski definition) is 6. The Morgan fingerprint density at radius 3 is 3.04 bits per heavy atom. The first kappa shape index (κ1) is 15.7. The molecule has 2 atom stereocenters. The molecule has 0 saturated carbocycles. The van der Waals surface area contributed by atoms with E-state index in [0.29, 0.717) is 23.4 Å². The van der Waals surface area contributed by atoms with E-state index in [2.05, 4.69) is 6.07 Å². The monoisotopic (exact) mass is 355 g/mol. The number of carboxylic acids is 1. The smallest absolute Gasteiger partial charge is 0.286 e. The van der Waals surface area contributed by atoms with Crippen LogP contribution in [-0.4, -0.2) is 38.3 Å². The topological polar surface area (TPSA) is 119 Å². The lowest BCUT2D eigenvalue weighted by molar-refractivity contribution is -0.662. The number of aromatic nitrogens is 2. The minimum absolute atomic E-state index is 0.0732. The number of β-lactam (4-membered cyclic amide) rings is 1. The molecule has 8 nitrogen and oxygen atoms in total. The summed E-state index contributed by atoms with van der Waals surface area (Å²) in [4.78, 5) is 24.8. The zero-order valence-corrected chi connectivity index (χ0v) is 13.8. The summed E-state index contributed by atoms with van der Waals surface area (Å²) < 4.78 is 3.66. The van der Waals surface area contributed by atoms with Crippen molar-refractivity contribution in [1.82, 2.24) is 9.30 Å². The number of carbonyl (C=O) groups excluding carboxylic acids is 2. The fourth-order valence-corrected chi connectivity index (χ4v) is 4.48. The number of rotatable bonds is 3. The highest BCUT2D eigenvalue weighted by molar-refractivity contribution is 8.00. The molecule has 4 heterocycles. The van der Waals surface area contributed by atoms with E-state index in [1.54, 1.807) is 35.1 Å². The number of nitrogens with zero attached hydrogens (tertiary/aromatic N) is 4. The molecule has 4 rings (SSSR count). The van der Waals surface area contributed by atoms with E-state index in [0.717, 1.165) is 5.65 Å². The molecule has 0 spiro atoms. The lowest BCUT2D eigenvalue weighted by atomic mass is 10.0. The van der Waals surface area contributed by atoms with Crippen LogP contribution in [-0.2, 0) is 16.1 Å². The number of hydrogen-bond donors (Lipinski definition) is 1. The first-order valence-electron chi connectivity index (χ1n) is 7.55. The van der Waals surface area contributed by atoms with E-state index in [1.807, 2.05) is 4.57 Å². The molecule has 126 valence electrons. The van der Waals surface area contributed by atoms with E-state index in [1.165, 1.54) is 16.7 Å². The molecule has 2 N–H and O–H groups in total. The molecular weight excluding hydrogens is 342 g/mol. The van der Waals surface area contributed by atoms with Crippen molar-refractivity contribution in [3.63, 3.8) is 0 Å². The van der Waals surface area contributed by atoms with Crippen molar-refractivity contribution in [3.8, 4) is 6.07 Å². The molecule has 2 aromatic rings. The Kier molecular flexibility index (Phi) is 3.52. The van der Waals surface area contributed by atoms with Crippen LogP contribution in [0.5, 0.6) is 0 Å². The maximum absolute atomic E-state index is 12.0. The molecule has 9 heteroatoms. The van der Waals surface area contributed by atoms with Crippen LogP contribution in [0.3, 0.4) is 0 Å². The predicted molar refractivity (Wildman–Crippen MR) is 85.4 cm³/mol. The maximum Gasteiger partial charge on any atom is 0.286 e. The molecule has 0 bridgehead atoms. The summed E-state index contributed by atoms with van der Waals surface area (Å²) in [5.74, 6) is -1.29. The summed E-state index contributed by atoms with van der Waals surface area (Å²) in [6, 6.07) is 4.91. The molecule has 2 aliphatic heterocycles. The molecule has 0 aromatic carbocycles. The van der Waals surface area contributed by atoms with Crippen LogP contribution >= 0.6 is 11.8 Å². The second-order valence-corrected chi connectivity index (χ2v) is 7.00. The van der Waals surface area contributed by atoms with E-state index >= 15 is 0 Å². The SMILES string of the molecule is N#Cc1ccc2n(cc[n+]2CC2=C(C(=O)[O-])N3C(=O)[C@@H](N)[C@H]3SC2)c1. The van der Waals surface area contributed by atoms with Gasteiger partial charge in [0.05, 0.1) is 17.2 Å². The molecule has 2 aliphatic rings. The Balaban J connectivity index is 1.73. The molecule has 1 fully saturated rings. The van der Waals surface area contributed by atoms with E-state index in [-0.39, 0.29) is 17.0 Å². The second-order valence-electron chi connectivity index (χ2n) is 5.90. The third-order valence-electron chi connectivity index (χ3n) is 4.43. The molecule has 2 aromatic heterocycles.